The van der Waals surface area contributed by atoms with Crippen LogP contribution in [-0.4, -0.2) is 36.5 Å². The summed E-state index contributed by atoms with van der Waals surface area (Å²) in [6.45, 7) is 4.40. The fourth-order valence-corrected chi connectivity index (χ4v) is 1.23. The molecule has 0 aromatic rings. The third kappa shape index (κ3) is 1.72. The van der Waals surface area contributed by atoms with Crippen LogP contribution in [0.15, 0.2) is 0 Å². The zero-order valence-electron chi connectivity index (χ0n) is 6.63. The van der Waals surface area contributed by atoms with Gasteiger partial charge in [-0.15, -0.1) is 6.42 Å². The number of rotatable bonds is 0. The van der Waals surface area contributed by atoms with E-state index in [2.05, 4.69) is 11.2 Å². The lowest BCUT2D eigenvalue weighted by atomic mass is 10.2. The summed E-state index contributed by atoms with van der Waals surface area (Å²) < 4.78 is 0. The van der Waals surface area contributed by atoms with Crippen molar-refractivity contribution in [2.75, 3.05) is 19.6 Å². The molecule has 3 heteroatoms. The average molecular weight is 152 g/mol. The molecule has 1 saturated heterocycles. The van der Waals surface area contributed by atoms with Gasteiger partial charge in [0.05, 0.1) is 0 Å². The van der Waals surface area contributed by atoms with E-state index in [1.54, 1.807) is 4.90 Å². The van der Waals surface area contributed by atoms with Gasteiger partial charge in [-0.05, 0) is 12.8 Å². The molecule has 11 heavy (non-hydrogen) atoms. The van der Waals surface area contributed by atoms with E-state index >= 15 is 0 Å². The van der Waals surface area contributed by atoms with E-state index in [4.69, 9.17) is 6.42 Å². The molecule has 0 spiro atoms. The molecule has 0 aromatic carbocycles. The largest absolute Gasteiger partial charge is 0.327 e. The van der Waals surface area contributed by atoms with Crippen LogP contribution in [0, 0.1) is 12.3 Å². The van der Waals surface area contributed by atoms with Gasteiger partial charge in [0.2, 0.25) is 0 Å². The lowest BCUT2D eigenvalue weighted by Crippen LogP contribution is -2.51. The number of carbonyl (C=O) groups excluding carboxylic acids is 1. The normalized spacial score (nSPS) is 24.4. The van der Waals surface area contributed by atoms with Gasteiger partial charge < -0.3 is 10.2 Å². The Morgan fingerprint density at radius 3 is 3.09 bits per heavy atom. The van der Waals surface area contributed by atoms with Crippen molar-refractivity contribution >= 4 is 5.91 Å². The van der Waals surface area contributed by atoms with Crippen molar-refractivity contribution in [3.63, 3.8) is 0 Å². The molecule has 0 bridgehead atoms. The predicted molar refractivity (Wildman–Crippen MR) is 42.9 cm³/mol. The third-order valence-electron chi connectivity index (χ3n) is 1.89. The minimum Gasteiger partial charge on any atom is -0.327 e. The Bertz CT molecular complexity index is 195. The lowest BCUT2D eigenvalue weighted by Gasteiger charge is -2.32. The van der Waals surface area contributed by atoms with Gasteiger partial charge in [0, 0.05) is 25.7 Å². The van der Waals surface area contributed by atoms with Crippen LogP contribution in [-0.2, 0) is 4.79 Å². The molecule has 1 N–H and O–H groups in total. The van der Waals surface area contributed by atoms with E-state index in [0.717, 1.165) is 19.6 Å². The van der Waals surface area contributed by atoms with Crippen LogP contribution in [0.1, 0.15) is 6.92 Å². The summed E-state index contributed by atoms with van der Waals surface area (Å²) in [5.41, 5.74) is 0. The molecule has 0 radical (unpaired) electrons. The second kappa shape index (κ2) is 3.40. The molecule has 0 saturated carbocycles. The number of carbonyl (C=O) groups is 1. The number of hydrogen-bond donors (Lipinski definition) is 1. The van der Waals surface area contributed by atoms with Crippen molar-refractivity contribution in [2.24, 2.45) is 0 Å². The number of hydrogen-bond acceptors (Lipinski definition) is 2. The van der Waals surface area contributed by atoms with Gasteiger partial charge in [-0.25, -0.2) is 0 Å². The molecule has 1 aliphatic heterocycles. The Hall–Kier alpha value is -1.01. The smallest absolute Gasteiger partial charge is 0.298 e. The minimum absolute atomic E-state index is 0.195. The highest BCUT2D eigenvalue weighted by molar-refractivity contribution is 5.93. The van der Waals surface area contributed by atoms with Crippen molar-refractivity contribution in [1.82, 2.24) is 10.2 Å². The summed E-state index contributed by atoms with van der Waals surface area (Å²) in [6.07, 6.45) is 5.00. The predicted octanol–water partition coefficient (Wildman–Crippen LogP) is -0.560. The van der Waals surface area contributed by atoms with Crippen LogP contribution in [0.2, 0.25) is 0 Å². The summed E-state index contributed by atoms with van der Waals surface area (Å²) in [5.74, 6) is 1.93. The van der Waals surface area contributed by atoms with Gasteiger partial charge in [-0.3, -0.25) is 4.79 Å². The van der Waals surface area contributed by atoms with Crippen LogP contribution in [0.4, 0.5) is 0 Å². The van der Waals surface area contributed by atoms with Crippen molar-refractivity contribution in [2.45, 2.75) is 13.0 Å². The van der Waals surface area contributed by atoms with Crippen LogP contribution in [0.25, 0.3) is 0 Å². The number of nitrogens with zero attached hydrogens (tertiary/aromatic N) is 1. The van der Waals surface area contributed by atoms with Crippen molar-refractivity contribution in [3.05, 3.63) is 0 Å². The Morgan fingerprint density at radius 1 is 1.82 bits per heavy atom. The monoisotopic (exact) mass is 152 g/mol. The number of amides is 1. The van der Waals surface area contributed by atoms with Gasteiger partial charge in [0.15, 0.2) is 0 Å². The highest BCUT2D eigenvalue weighted by Gasteiger charge is 2.20. The molecule has 0 aromatic heterocycles. The summed E-state index contributed by atoms with van der Waals surface area (Å²) in [7, 11) is 0. The summed E-state index contributed by atoms with van der Waals surface area (Å²) in [6, 6.07) is 0.229. The highest BCUT2D eigenvalue weighted by atomic mass is 16.2. The van der Waals surface area contributed by atoms with E-state index in [1.807, 2.05) is 6.92 Å². The van der Waals surface area contributed by atoms with Gasteiger partial charge >= 0.3 is 0 Å². The Kier molecular flexibility index (Phi) is 2.50. The van der Waals surface area contributed by atoms with Gasteiger partial charge in [-0.2, -0.15) is 0 Å². The second-order valence-electron chi connectivity index (χ2n) is 2.70. The second-order valence-corrected chi connectivity index (χ2v) is 2.70. The maximum absolute atomic E-state index is 11.0. The lowest BCUT2D eigenvalue weighted by molar-refractivity contribution is -0.127. The topological polar surface area (TPSA) is 32.3 Å². The Balaban J connectivity index is 2.56. The van der Waals surface area contributed by atoms with Crippen LogP contribution in [0.5, 0.6) is 0 Å². The van der Waals surface area contributed by atoms with Gasteiger partial charge in [-0.1, -0.05) is 0 Å². The maximum Gasteiger partial charge on any atom is 0.298 e. The van der Waals surface area contributed by atoms with Crippen LogP contribution >= 0.6 is 0 Å². The fraction of sp³-hybridized carbons (Fsp3) is 0.625. The summed E-state index contributed by atoms with van der Waals surface area (Å²) >= 11 is 0. The molecule has 1 aliphatic rings. The molecular formula is C8H12N2O. The third-order valence-corrected chi connectivity index (χ3v) is 1.89. The first-order valence-electron chi connectivity index (χ1n) is 3.73. The van der Waals surface area contributed by atoms with E-state index in [9.17, 15) is 4.79 Å². The van der Waals surface area contributed by atoms with E-state index in [0.29, 0.717) is 0 Å². The van der Waals surface area contributed by atoms with E-state index in [1.165, 1.54) is 0 Å². The summed E-state index contributed by atoms with van der Waals surface area (Å²) in [5, 5.41) is 3.18. The van der Waals surface area contributed by atoms with Crippen molar-refractivity contribution < 1.29 is 4.79 Å². The highest BCUT2D eigenvalue weighted by Crippen LogP contribution is 2.01. The zero-order valence-corrected chi connectivity index (χ0v) is 6.63. The first kappa shape index (κ1) is 8.09. The molecule has 3 nitrogen and oxygen atoms in total. The number of nitrogens with one attached hydrogen (secondary N) is 1. The van der Waals surface area contributed by atoms with Crippen LogP contribution in [0.3, 0.4) is 0 Å². The standard InChI is InChI=1S/C8H12N2O/c1-3-8(11)10-5-4-9-6-7(10)2/h1,7,9H,4-6H2,2H3. The molecule has 60 valence electrons. The summed E-state index contributed by atoms with van der Waals surface area (Å²) in [4.78, 5) is 12.8. The quantitative estimate of drug-likeness (QED) is 0.472. The van der Waals surface area contributed by atoms with E-state index < -0.39 is 0 Å². The van der Waals surface area contributed by atoms with Gasteiger partial charge in [0.1, 0.15) is 0 Å². The van der Waals surface area contributed by atoms with Crippen molar-refractivity contribution in [1.29, 1.82) is 0 Å². The molecular weight excluding hydrogens is 140 g/mol. The maximum atomic E-state index is 11.0. The Labute approximate surface area is 66.8 Å². The average Bonchev–Trinajstić information content (AvgIpc) is 2.04. The number of terminal acetylenes is 1. The molecule has 1 fully saturated rings. The first-order valence-corrected chi connectivity index (χ1v) is 3.73. The molecule has 1 amide bonds. The first-order chi connectivity index (χ1) is 5.25. The van der Waals surface area contributed by atoms with Gasteiger partial charge in [0.25, 0.3) is 5.91 Å². The van der Waals surface area contributed by atoms with Crippen molar-refractivity contribution in [3.8, 4) is 12.3 Å². The SMILES string of the molecule is C#CC(=O)N1CCNCC1C. The fourth-order valence-electron chi connectivity index (χ4n) is 1.23. The molecule has 1 atom stereocenters. The molecule has 1 unspecified atom stereocenters. The molecule has 1 rings (SSSR count). The molecule has 1 heterocycles. The molecule has 0 aliphatic carbocycles. The Morgan fingerprint density at radius 2 is 2.55 bits per heavy atom. The van der Waals surface area contributed by atoms with E-state index in [-0.39, 0.29) is 11.9 Å². The minimum atomic E-state index is -0.195. The number of piperazine rings is 1. The zero-order chi connectivity index (χ0) is 8.27. The van der Waals surface area contributed by atoms with Crippen LogP contribution < -0.4 is 5.32 Å².